The third kappa shape index (κ3) is 4.19. The van der Waals surface area contributed by atoms with E-state index in [1.807, 2.05) is 42.6 Å². The third-order valence-electron chi connectivity index (χ3n) is 4.22. The van der Waals surface area contributed by atoms with Crippen LogP contribution in [-0.2, 0) is 16.3 Å². The standard InChI is InChI=1S/C19H17ClN4O2S2/c1-28(25,26)16-8-2-13(3-9-16)10-11-21-18-23-24-12-17(22-19(24)27-18)14-4-6-15(20)7-5-14/h2-9,12H,10-11H2,1H3,(H,21,23). The summed E-state index contributed by atoms with van der Waals surface area (Å²) in [6.45, 7) is 0.693. The van der Waals surface area contributed by atoms with Crippen LogP contribution in [0.1, 0.15) is 5.56 Å². The molecule has 2 heterocycles. The largest absolute Gasteiger partial charge is 0.360 e. The highest BCUT2D eigenvalue weighted by molar-refractivity contribution is 7.90. The van der Waals surface area contributed by atoms with Gasteiger partial charge in [-0.15, -0.1) is 5.10 Å². The molecule has 0 fully saturated rings. The first kappa shape index (κ1) is 18.9. The van der Waals surface area contributed by atoms with Gasteiger partial charge in [-0.3, -0.25) is 0 Å². The summed E-state index contributed by atoms with van der Waals surface area (Å²) in [6.07, 6.45) is 3.87. The van der Waals surface area contributed by atoms with Crippen molar-refractivity contribution in [1.29, 1.82) is 0 Å². The summed E-state index contributed by atoms with van der Waals surface area (Å²) < 4.78 is 24.8. The average molecular weight is 433 g/mol. The number of hydrogen-bond acceptors (Lipinski definition) is 6. The van der Waals surface area contributed by atoms with E-state index < -0.39 is 9.84 Å². The highest BCUT2D eigenvalue weighted by Crippen LogP contribution is 2.25. The molecule has 0 aliphatic carbocycles. The van der Waals surface area contributed by atoms with Crippen LogP contribution in [0.15, 0.2) is 59.6 Å². The molecule has 1 N–H and O–H groups in total. The molecule has 2 aromatic heterocycles. The van der Waals surface area contributed by atoms with Crippen LogP contribution < -0.4 is 5.32 Å². The Bertz CT molecular complexity index is 1180. The highest BCUT2D eigenvalue weighted by Gasteiger charge is 2.10. The van der Waals surface area contributed by atoms with E-state index in [1.165, 1.54) is 17.6 Å². The summed E-state index contributed by atoms with van der Waals surface area (Å²) in [5.41, 5.74) is 2.91. The number of imidazole rings is 1. The molecular formula is C19H17ClN4O2S2. The Balaban J connectivity index is 1.39. The van der Waals surface area contributed by atoms with Crippen molar-refractivity contribution in [2.45, 2.75) is 11.3 Å². The van der Waals surface area contributed by atoms with E-state index in [2.05, 4.69) is 15.4 Å². The molecular weight excluding hydrogens is 416 g/mol. The van der Waals surface area contributed by atoms with E-state index >= 15 is 0 Å². The minimum absolute atomic E-state index is 0.335. The molecule has 0 radical (unpaired) electrons. The molecule has 0 bridgehead atoms. The van der Waals surface area contributed by atoms with E-state index in [-0.39, 0.29) is 0 Å². The van der Waals surface area contributed by atoms with Gasteiger partial charge in [-0.1, -0.05) is 47.2 Å². The van der Waals surface area contributed by atoms with E-state index in [9.17, 15) is 8.42 Å². The Hall–Kier alpha value is -2.42. The van der Waals surface area contributed by atoms with Crippen molar-refractivity contribution in [1.82, 2.24) is 14.6 Å². The Kier molecular flexibility index (Phi) is 5.09. The van der Waals surface area contributed by atoms with E-state index in [0.29, 0.717) is 16.5 Å². The molecule has 9 heteroatoms. The summed E-state index contributed by atoms with van der Waals surface area (Å²) in [7, 11) is -3.16. The van der Waals surface area contributed by atoms with Crippen LogP contribution in [-0.4, -0.2) is 35.8 Å². The van der Waals surface area contributed by atoms with Crippen molar-refractivity contribution in [3.05, 3.63) is 65.3 Å². The average Bonchev–Trinajstić information content (AvgIpc) is 3.21. The predicted octanol–water partition coefficient (Wildman–Crippen LogP) is 4.17. The van der Waals surface area contributed by atoms with Gasteiger partial charge in [0.1, 0.15) is 0 Å². The highest BCUT2D eigenvalue weighted by atomic mass is 35.5. The Labute approximate surface area is 171 Å². The van der Waals surface area contributed by atoms with Gasteiger partial charge in [0.05, 0.1) is 16.8 Å². The second-order valence-electron chi connectivity index (χ2n) is 6.36. The van der Waals surface area contributed by atoms with Crippen LogP contribution in [0.25, 0.3) is 16.2 Å². The maximum Gasteiger partial charge on any atom is 0.214 e. The molecule has 0 aliphatic heterocycles. The van der Waals surface area contributed by atoms with Gasteiger partial charge in [-0.2, -0.15) is 0 Å². The van der Waals surface area contributed by atoms with Crippen molar-refractivity contribution in [3.63, 3.8) is 0 Å². The molecule has 2 aromatic carbocycles. The summed E-state index contributed by atoms with van der Waals surface area (Å²) in [4.78, 5) is 5.76. The van der Waals surface area contributed by atoms with E-state index in [1.54, 1.807) is 16.6 Å². The molecule has 0 amide bonds. The molecule has 0 aliphatic rings. The lowest BCUT2D eigenvalue weighted by Gasteiger charge is -2.04. The van der Waals surface area contributed by atoms with Crippen LogP contribution in [0.2, 0.25) is 5.02 Å². The molecule has 0 spiro atoms. The summed E-state index contributed by atoms with van der Waals surface area (Å²) in [5, 5.41) is 9.29. The van der Waals surface area contributed by atoms with Crippen molar-refractivity contribution in [3.8, 4) is 11.3 Å². The van der Waals surface area contributed by atoms with Crippen LogP contribution >= 0.6 is 22.9 Å². The number of halogens is 1. The first-order chi connectivity index (χ1) is 13.4. The van der Waals surface area contributed by atoms with Gasteiger partial charge in [0.25, 0.3) is 0 Å². The maximum absolute atomic E-state index is 11.5. The summed E-state index contributed by atoms with van der Waals surface area (Å²) >= 11 is 7.41. The quantitative estimate of drug-likeness (QED) is 0.494. The van der Waals surface area contributed by atoms with Crippen molar-refractivity contribution < 1.29 is 8.42 Å². The maximum atomic E-state index is 11.5. The molecule has 144 valence electrons. The lowest BCUT2D eigenvalue weighted by atomic mass is 10.1. The number of nitrogens with zero attached hydrogens (tertiary/aromatic N) is 3. The molecule has 0 unspecified atom stereocenters. The minimum atomic E-state index is -3.16. The number of nitrogens with one attached hydrogen (secondary N) is 1. The zero-order valence-corrected chi connectivity index (χ0v) is 17.4. The van der Waals surface area contributed by atoms with Crippen LogP contribution in [0.3, 0.4) is 0 Å². The normalized spacial score (nSPS) is 11.8. The number of anilines is 1. The number of rotatable bonds is 6. The SMILES string of the molecule is CS(=O)(=O)c1ccc(CCNc2nn3cc(-c4ccc(Cl)cc4)nc3s2)cc1. The zero-order valence-electron chi connectivity index (χ0n) is 15.0. The molecule has 0 saturated carbocycles. The van der Waals surface area contributed by atoms with Gasteiger partial charge >= 0.3 is 0 Å². The second-order valence-corrected chi connectivity index (χ2v) is 9.77. The first-order valence-corrected chi connectivity index (χ1v) is 11.6. The second kappa shape index (κ2) is 7.54. The number of sulfone groups is 1. The molecule has 4 aromatic rings. The Morgan fingerprint density at radius 1 is 1.11 bits per heavy atom. The van der Waals surface area contributed by atoms with E-state index in [0.717, 1.165) is 33.3 Å². The lowest BCUT2D eigenvalue weighted by molar-refractivity contribution is 0.602. The van der Waals surface area contributed by atoms with Crippen molar-refractivity contribution >= 4 is 42.9 Å². The van der Waals surface area contributed by atoms with Gasteiger partial charge in [-0.25, -0.2) is 17.9 Å². The topological polar surface area (TPSA) is 76.4 Å². The van der Waals surface area contributed by atoms with Gasteiger partial charge in [0.2, 0.25) is 10.1 Å². The van der Waals surface area contributed by atoms with Gasteiger partial charge in [0.15, 0.2) is 9.84 Å². The van der Waals surface area contributed by atoms with Crippen LogP contribution in [0.4, 0.5) is 5.13 Å². The fourth-order valence-corrected chi connectivity index (χ4v) is 4.31. The number of hydrogen-bond donors (Lipinski definition) is 1. The molecule has 6 nitrogen and oxygen atoms in total. The van der Waals surface area contributed by atoms with Gasteiger partial charge in [0, 0.05) is 23.4 Å². The molecule has 4 rings (SSSR count). The molecule has 0 saturated heterocycles. The lowest BCUT2D eigenvalue weighted by Crippen LogP contribution is -2.05. The van der Waals surface area contributed by atoms with E-state index in [4.69, 9.17) is 11.6 Å². The van der Waals surface area contributed by atoms with Crippen LogP contribution in [0.5, 0.6) is 0 Å². The Morgan fingerprint density at radius 3 is 2.46 bits per heavy atom. The van der Waals surface area contributed by atoms with Gasteiger partial charge in [-0.05, 0) is 36.2 Å². The Morgan fingerprint density at radius 2 is 1.82 bits per heavy atom. The molecule has 28 heavy (non-hydrogen) atoms. The minimum Gasteiger partial charge on any atom is -0.360 e. The first-order valence-electron chi connectivity index (χ1n) is 8.53. The zero-order chi connectivity index (χ0) is 19.7. The number of fused-ring (bicyclic) bond motifs is 1. The van der Waals surface area contributed by atoms with Crippen molar-refractivity contribution in [2.24, 2.45) is 0 Å². The summed E-state index contributed by atoms with van der Waals surface area (Å²) in [6, 6.07) is 14.5. The predicted molar refractivity (Wildman–Crippen MR) is 113 cm³/mol. The van der Waals surface area contributed by atoms with Crippen LogP contribution in [0, 0.1) is 0 Å². The van der Waals surface area contributed by atoms with Crippen molar-refractivity contribution in [2.75, 3.05) is 18.1 Å². The number of aromatic nitrogens is 3. The van der Waals surface area contributed by atoms with Gasteiger partial charge < -0.3 is 5.32 Å². The fourth-order valence-electron chi connectivity index (χ4n) is 2.75. The smallest absolute Gasteiger partial charge is 0.214 e. The molecule has 0 atom stereocenters. The summed E-state index contributed by atoms with van der Waals surface area (Å²) in [5.74, 6) is 0. The number of benzene rings is 2. The fraction of sp³-hybridized carbons (Fsp3) is 0.158. The third-order valence-corrected chi connectivity index (χ3v) is 6.49. The monoisotopic (exact) mass is 432 g/mol.